The van der Waals surface area contributed by atoms with Gasteiger partial charge in [0.15, 0.2) is 0 Å². The Hall–Kier alpha value is -0.860. The van der Waals surface area contributed by atoms with Gasteiger partial charge in [0.2, 0.25) is 0 Å². The van der Waals surface area contributed by atoms with Crippen LogP contribution in [0.4, 0.5) is 0 Å². The molecule has 3 aliphatic carbocycles. The molecule has 3 heteroatoms. The van der Waals surface area contributed by atoms with Crippen molar-refractivity contribution in [3.05, 3.63) is 0 Å². The fraction of sp³-hybridized carbons (Fsp3) is 0.875. The summed E-state index contributed by atoms with van der Waals surface area (Å²) in [5.41, 5.74) is 0. The van der Waals surface area contributed by atoms with Gasteiger partial charge in [0, 0.05) is 0 Å². The topological polar surface area (TPSA) is 43.4 Å². The van der Waals surface area contributed by atoms with Gasteiger partial charge in [0.25, 0.3) is 0 Å². The Bertz CT molecular complexity index is 430. The highest BCUT2D eigenvalue weighted by Crippen LogP contribution is 2.57. The average Bonchev–Trinajstić information content (AvgIpc) is 2.94. The molecule has 0 aromatic heterocycles. The molecule has 3 saturated carbocycles. The molecule has 1 aliphatic heterocycles. The average molecular weight is 262 g/mol. The number of carbonyl (C=O) groups is 2. The summed E-state index contributed by atoms with van der Waals surface area (Å²) in [6, 6.07) is 0. The lowest BCUT2D eigenvalue weighted by Crippen LogP contribution is -2.44. The first-order chi connectivity index (χ1) is 9.15. The minimum atomic E-state index is -0.241. The van der Waals surface area contributed by atoms with Crippen molar-refractivity contribution in [3.8, 4) is 0 Å². The summed E-state index contributed by atoms with van der Waals surface area (Å²) in [7, 11) is 0. The molecule has 0 spiro atoms. The van der Waals surface area contributed by atoms with Gasteiger partial charge in [-0.05, 0) is 55.3 Å². The van der Waals surface area contributed by atoms with Crippen LogP contribution in [-0.4, -0.2) is 11.9 Å². The number of hydrogen-bond donors (Lipinski definition) is 0. The lowest BCUT2D eigenvalue weighted by Gasteiger charge is -2.48. The van der Waals surface area contributed by atoms with Crippen molar-refractivity contribution in [2.24, 2.45) is 41.4 Å². The zero-order chi connectivity index (χ0) is 13.1. The number of rotatable bonds is 0. The summed E-state index contributed by atoms with van der Waals surface area (Å²) >= 11 is 0. The molecule has 19 heavy (non-hydrogen) atoms. The van der Waals surface area contributed by atoms with Crippen LogP contribution in [0.2, 0.25) is 0 Å². The molecule has 7 unspecified atom stereocenters. The third kappa shape index (κ3) is 1.63. The van der Waals surface area contributed by atoms with E-state index in [9.17, 15) is 9.59 Å². The summed E-state index contributed by atoms with van der Waals surface area (Å²) in [5, 5.41) is 0. The van der Waals surface area contributed by atoms with Crippen LogP contribution in [0.1, 0.15) is 45.4 Å². The largest absolute Gasteiger partial charge is 0.393 e. The van der Waals surface area contributed by atoms with Crippen LogP contribution < -0.4 is 0 Å². The Balaban J connectivity index is 1.63. The Labute approximate surface area is 114 Å². The summed E-state index contributed by atoms with van der Waals surface area (Å²) < 4.78 is 4.88. The standard InChI is InChI=1S/C16H22O3/c1-8-5-9-3-2-4-10(9)12-7-14-13(6-11(8)12)15(17)19-16(14)18/h8-14H,2-7H2,1H3. The minimum Gasteiger partial charge on any atom is -0.393 e. The molecule has 1 heterocycles. The van der Waals surface area contributed by atoms with Crippen LogP contribution in [0.5, 0.6) is 0 Å². The van der Waals surface area contributed by atoms with Gasteiger partial charge in [-0.2, -0.15) is 0 Å². The maximum atomic E-state index is 11.8. The van der Waals surface area contributed by atoms with E-state index in [1.165, 1.54) is 25.7 Å². The first kappa shape index (κ1) is 11.9. The lowest BCUT2D eigenvalue weighted by molar-refractivity contribution is -0.153. The monoisotopic (exact) mass is 262 g/mol. The SMILES string of the molecule is CC1CC2CCCC2C2CC3C(=O)OC(=O)C3CC12. The fourth-order valence-corrected chi connectivity index (χ4v) is 5.76. The minimum absolute atomic E-state index is 0.111. The van der Waals surface area contributed by atoms with Gasteiger partial charge in [-0.3, -0.25) is 9.59 Å². The molecule has 0 radical (unpaired) electrons. The number of hydrogen-bond acceptors (Lipinski definition) is 3. The normalized spacial score (nSPS) is 52.4. The fourth-order valence-electron chi connectivity index (χ4n) is 5.76. The van der Waals surface area contributed by atoms with Crippen LogP contribution >= 0.6 is 0 Å². The molecular weight excluding hydrogens is 240 g/mol. The summed E-state index contributed by atoms with van der Waals surface area (Å²) in [4.78, 5) is 23.6. The highest BCUT2D eigenvalue weighted by Gasteiger charge is 2.55. The summed E-state index contributed by atoms with van der Waals surface area (Å²) in [5.74, 6) is 3.06. The molecule has 0 aromatic rings. The highest BCUT2D eigenvalue weighted by molar-refractivity contribution is 5.96. The van der Waals surface area contributed by atoms with E-state index < -0.39 is 0 Å². The predicted molar refractivity (Wildman–Crippen MR) is 68.9 cm³/mol. The third-order valence-corrected chi connectivity index (χ3v) is 6.57. The van der Waals surface area contributed by atoms with Gasteiger partial charge in [0.1, 0.15) is 0 Å². The number of esters is 2. The zero-order valence-electron chi connectivity index (χ0n) is 11.5. The Morgan fingerprint density at radius 2 is 1.58 bits per heavy atom. The molecule has 1 saturated heterocycles. The first-order valence-electron chi connectivity index (χ1n) is 7.90. The molecule has 7 atom stereocenters. The Kier molecular flexibility index (Phi) is 2.55. The molecule has 104 valence electrons. The molecule has 0 aromatic carbocycles. The van der Waals surface area contributed by atoms with Crippen LogP contribution in [0.3, 0.4) is 0 Å². The lowest BCUT2D eigenvalue weighted by atomic mass is 9.55. The van der Waals surface area contributed by atoms with Crippen LogP contribution in [0.15, 0.2) is 0 Å². The van der Waals surface area contributed by atoms with Gasteiger partial charge in [-0.25, -0.2) is 0 Å². The molecule has 4 rings (SSSR count). The quantitative estimate of drug-likeness (QED) is 0.498. The molecule has 4 aliphatic rings. The van der Waals surface area contributed by atoms with Gasteiger partial charge >= 0.3 is 11.9 Å². The van der Waals surface area contributed by atoms with E-state index in [0.29, 0.717) is 17.8 Å². The molecule has 3 nitrogen and oxygen atoms in total. The van der Waals surface area contributed by atoms with Gasteiger partial charge < -0.3 is 4.74 Å². The van der Waals surface area contributed by atoms with Gasteiger partial charge in [-0.15, -0.1) is 0 Å². The first-order valence-corrected chi connectivity index (χ1v) is 7.90. The van der Waals surface area contributed by atoms with E-state index in [1.807, 2.05) is 0 Å². The zero-order valence-corrected chi connectivity index (χ0v) is 11.5. The van der Waals surface area contributed by atoms with E-state index in [2.05, 4.69) is 6.92 Å². The second kappa shape index (κ2) is 4.07. The second-order valence-electron chi connectivity index (χ2n) is 7.32. The molecule has 0 amide bonds. The van der Waals surface area contributed by atoms with Crippen molar-refractivity contribution in [2.75, 3.05) is 0 Å². The van der Waals surface area contributed by atoms with Crippen LogP contribution in [0.25, 0.3) is 0 Å². The van der Waals surface area contributed by atoms with Crippen molar-refractivity contribution in [1.82, 2.24) is 0 Å². The van der Waals surface area contributed by atoms with E-state index in [1.54, 1.807) is 0 Å². The molecular formula is C16H22O3. The van der Waals surface area contributed by atoms with Gasteiger partial charge in [-0.1, -0.05) is 19.8 Å². The van der Waals surface area contributed by atoms with Crippen molar-refractivity contribution in [3.63, 3.8) is 0 Å². The number of carbonyl (C=O) groups excluding carboxylic acids is 2. The van der Waals surface area contributed by atoms with E-state index in [4.69, 9.17) is 4.74 Å². The Morgan fingerprint density at radius 3 is 2.32 bits per heavy atom. The molecule has 0 N–H and O–H groups in total. The predicted octanol–water partition coefficient (Wildman–Crippen LogP) is 2.78. The van der Waals surface area contributed by atoms with Gasteiger partial charge in [0.05, 0.1) is 11.8 Å². The second-order valence-corrected chi connectivity index (χ2v) is 7.32. The number of ether oxygens (including phenoxy) is 1. The number of fused-ring (bicyclic) bond motifs is 4. The maximum Gasteiger partial charge on any atom is 0.317 e. The number of cyclic esters (lactones) is 2. The van der Waals surface area contributed by atoms with E-state index >= 15 is 0 Å². The summed E-state index contributed by atoms with van der Waals surface area (Å²) in [6.45, 7) is 2.36. The summed E-state index contributed by atoms with van der Waals surface area (Å²) in [6.07, 6.45) is 7.26. The van der Waals surface area contributed by atoms with E-state index in [0.717, 1.165) is 24.7 Å². The smallest absolute Gasteiger partial charge is 0.317 e. The van der Waals surface area contributed by atoms with Crippen molar-refractivity contribution < 1.29 is 14.3 Å². The van der Waals surface area contributed by atoms with Crippen molar-refractivity contribution in [1.29, 1.82) is 0 Å². The third-order valence-electron chi connectivity index (χ3n) is 6.57. The van der Waals surface area contributed by atoms with Crippen LogP contribution in [0, 0.1) is 41.4 Å². The van der Waals surface area contributed by atoms with E-state index in [-0.39, 0.29) is 23.8 Å². The molecule has 0 bridgehead atoms. The molecule has 4 fully saturated rings. The maximum absolute atomic E-state index is 11.8. The Morgan fingerprint density at radius 1 is 0.895 bits per heavy atom. The van der Waals surface area contributed by atoms with Crippen LogP contribution in [-0.2, 0) is 14.3 Å². The highest BCUT2D eigenvalue weighted by atomic mass is 16.6. The van der Waals surface area contributed by atoms with Crippen molar-refractivity contribution >= 4 is 11.9 Å². The van der Waals surface area contributed by atoms with Crippen molar-refractivity contribution in [2.45, 2.75) is 45.4 Å².